The van der Waals surface area contributed by atoms with E-state index >= 15 is 0 Å². The van der Waals surface area contributed by atoms with Crippen LogP contribution in [0.3, 0.4) is 0 Å². The fourth-order valence-corrected chi connectivity index (χ4v) is 2.85. The van der Waals surface area contributed by atoms with Gasteiger partial charge in [0.2, 0.25) is 5.95 Å². The summed E-state index contributed by atoms with van der Waals surface area (Å²) in [5.74, 6) is -0.169. The summed E-state index contributed by atoms with van der Waals surface area (Å²) in [7, 11) is 1.61. The molecule has 9 nitrogen and oxygen atoms in total. The van der Waals surface area contributed by atoms with Crippen molar-refractivity contribution in [3.8, 4) is 11.4 Å². The van der Waals surface area contributed by atoms with E-state index in [9.17, 15) is 4.79 Å². The average Bonchev–Trinajstić information content (AvgIpc) is 3.29. The number of carbonyl (C=O) groups is 1. The Balaban J connectivity index is 1.60. The van der Waals surface area contributed by atoms with E-state index in [1.54, 1.807) is 24.1 Å². The van der Waals surface area contributed by atoms with Crippen LogP contribution in [-0.4, -0.2) is 49.2 Å². The standard InChI is InChI=1S/C17H16N6O3/c1-26-13-6-4-12(5-7-13)23-15-14(21-22-23)9-18-17(20-15)19-11-3-2-10(8-11)16(24)25/h2-7,9-11H,8H2,1H3,(H,24,25)(H,18,19,20)/t10-,11-/m1/s1. The number of nitrogens with zero attached hydrogens (tertiary/aromatic N) is 5. The number of hydrogen-bond donors (Lipinski definition) is 2. The van der Waals surface area contributed by atoms with Gasteiger partial charge in [-0.1, -0.05) is 17.4 Å². The van der Waals surface area contributed by atoms with Crippen LogP contribution in [0.4, 0.5) is 5.95 Å². The predicted molar refractivity (Wildman–Crippen MR) is 93.3 cm³/mol. The Hall–Kier alpha value is -3.49. The van der Waals surface area contributed by atoms with Crippen LogP contribution in [0.15, 0.2) is 42.6 Å². The molecule has 0 bridgehead atoms. The van der Waals surface area contributed by atoms with E-state index in [1.165, 1.54) is 0 Å². The highest BCUT2D eigenvalue weighted by atomic mass is 16.5. The molecule has 1 aliphatic carbocycles. The third kappa shape index (κ3) is 2.94. The molecule has 1 aliphatic rings. The van der Waals surface area contributed by atoms with Crippen molar-refractivity contribution >= 4 is 23.1 Å². The molecule has 3 aromatic rings. The highest BCUT2D eigenvalue weighted by Gasteiger charge is 2.25. The van der Waals surface area contributed by atoms with Crippen molar-refractivity contribution in [2.45, 2.75) is 12.5 Å². The first-order valence-corrected chi connectivity index (χ1v) is 8.04. The zero-order valence-corrected chi connectivity index (χ0v) is 13.9. The summed E-state index contributed by atoms with van der Waals surface area (Å²) in [4.78, 5) is 19.8. The molecule has 0 fully saturated rings. The summed E-state index contributed by atoms with van der Waals surface area (Å²) >= 11 is 0. The molecule has 2 N–H and O–H groups in total. The first kappa shape index (κ1) is 16.0. The Kier molecular flexibility index (Phi) is 3.96. The number of methoxy groups -OCH3 is 1. The molecule has 0 saturated carbocycles. The molecular formula is C17H16N6O3. The second-order valence-corrected chi connectivity index (χ2v) is 5.92. The lowest BCUT2D eigenvalue weighted by atomic mass is 10.1. The summed E-state index contributed by atoms with van der Waals surface area (Å²) in [6.45, 7) is 0. The zero-order valence-electron chi connectivity index (χ0n) is 13.9. The number of hydrogen-bond acceptors (Lipinski definition) is 7. The van der Waals surface area contributed by atoms with E-state index in [0.29, 0.717) is 23.5 Å². The molecule has 26 heavy (non-hydrogen) atoms. The van der Waals surface area contributed by atoms with Gasteiger partial charge in [-0.2, -0.15) is 9.67 Å². The largest absolute Gasteiger partial charge is 0.497 e. The van der Waals surface area contributed by atoms with E-state index in [1.807, 2.05) is 30.3 Å². The number of rotatable bonds is 5. The quantitative estimate of drug-likeness (QED) is 0.666. The van der Waals surface area contributed by atoms with Gasteiger partial charge in [0.25, 0.3) is 0 Å². The summed E-state index contributed by atoms with van der Waals surface area (Å²) in [6, 6.07) is 7.26. The number of aromatic nitrogens is 5. The van der Waals surface area contributed by atoms with Crippen LogP contribution in [0, 0.1) is 5.92 Å². The van der Waals surface area contributed by atoms with E-state index < -0.39 is 11.9 Å². The minimum Gasteiger partial charge on any atom is -0.497 e. The van der Waals surface area contributed by atoms with Gasteiger partial charge in [-0.3, -0.25) is 4.79 Å². The fraction of sp³-hybridized carbons (Fsp3) is 0.235. The molecule has 0 aliphatic heterocycles. The summed E-state index contributed by atoms with van der Waals surface area (Å²) < 4.78 is 6.78. The Morgan fingerprint density at radius 3 is 2.81 bits per heavy atom. The Morgan fingerprint density at radius 2 is 2.12 bits per heavy atom. The van der Waals surface area contributed by atoms with Crippen LogP contribution in [-0.2, 0) is 4.79 Å². The third-order valence-electron chi connectivity index (χ3n) is 4.22. The maximum atomic E-state index is 11.0. The highest BCUT2D eigenvalue weighted by molar-refractivity contribution is 5.74. The molecule has 0 saturated heterocycles. The van der Waals surface area contributed by atoms with Gasteiger partial charge in [0, 0.05) is 6.04 Å². The number of carboxylic acids is 1. The Labute approximate surface area is 148 Å². The molecule has 0 unspecified atom stereocenters. The lowest BCUT2D eigenvalue weighted by Crippen LogP contribution is -2.20. The van der Waals surface area contributed by atoms with Crippen molar-refractivity contribution in [3.63, 3.8) is 0 Å². The molecule has 2 atom stereocenters. The number of benzene rings is 1. The molecule has 132 valence electrons. The van der Waals surface area contributed by atoms with Crippen LogP contribution < -0.4 is 10.1 Å². The van der Waals surface area contributed by atoms with Crippen molar-refractivity contribution in [2.75, 3.05) is 12.4 Å². The molecule has 9 heteroatoms. The SMILES string of the molecule is COc1ccc(-n2nnc3cnc(N[C@@H]4C=C[C@@H](C(=O)O)C4)nc32)cc1. The van der Waals surface area contributed by atoms with Crippen molar-refractivity contribution in [1.29, 1.82) is 0 Å². The van der Waals surface area contributed by atoms with Gasteiger partial charge in [-0.25, -0.2) is 4.98 Å². The van der Waals surface area contributed by atoms with Crippen molar-refractivity contribution < 1.29 is 14.6 Å². The first-order chi connectivity index (χ1) is 12.6. The van der Waals surface area contributed by atoms with E-state index in [0.717, 1.165) is 11.4 Å². The lowest BCUT2D eigenvalue weighted by Gasteiger charge is -2.11. The molecule has 2 aromatic heterocycles. The second-order valence-electron chi connectivity index (χ2n) is 5.92. The number of anilines is 1. The van der Waals surface area contributed by atoms with E-state index in [2.05, 4.69) is 25.6 Å². The normalized spacial score (nSPS) is 19.0. The van der Waals surface area contributed by atoms with Gasteiger partial charge in [-0.05, 0) is 30.7 Å². The monoisotopic (exact) mass is 352 g/mol. The third-order valence-corrected chi connectivity index (χ3v) is 4.22. The molecule has 0 amide bonds. The maximum absolute atomic E-state index is 11.0. The van der Waals surface area contributed by atoms with Crippen LogP contribution in [0.2, 0.25) is 0 Å². The van der Waals surface area contributed by atoms with Crippen molar-refractivity contribution in [2.24, 2.45) is 5.92 Å². The molecule has 2 heterocycles. The van der Waals surface area contributed by atoms with Gasteiger partial charge in [0.05, 0.1) is 24.9 Å². The number of carboxylic acid groups (broad SMARTS) is 1. The maximum Gasteiger partial charge on any atom is 0.310 e. The van der Waals surface area contributed by atoms with Crippen molar-refractivity contribution in [3.05, 3.63) is 42.6 Å². The number of nitrogens with one attached hydrogen (secondary N) is 1. The Morgan fingerprint density at radius 1 is 1.31 bits per heavy atom. The number of aliphatic carboxylic acids is 1. The minimum atomic E-state index is -0.830. The van der Waals surface area contributed by atoms with Crippen LogP contribution in [0.25, 0.3) is 16.9 Å². The molecule has 0 spiro atoms. The summed E-state index contributed by atoms with van der Waals surface area (Å²) in [5.41, 5.74) is 1.92. The van der Waals surface area contributed by atoms with E-state index in [-0.39, 0.29) is 6.04 Å². The van der Waals surface area contributed by atoms with Crippen LogP contribution >= 0.6 is 0 Å². The van der Waals surface area contributed by atoms with Gasteiger partial charge in [-0.15, -0.1) is 5.10 Å². The molecule has 1 aromatic carbocycles. The topological polar surface area (TPSA) is 115 Å². The number of fused-ring (bicyclic) bond motifs is 1. The molecular weight excluding hydrogens is 336 g/mol. The molecule has 4 rings (SSSR count). The average molecular weight is 352 g/mol. The number of ether oxygens (including phenoxy) is 1. The predicted octanol–water partition coefficient (Wildman–Crippen LogP) is 1.66. The van der Waals surface area contributed by atoms with Gasteiger partial charge in [0.15, 0.2) is 11.2 Å². The van der Waals surface area contributed by atoms with Gasteiger partial charge >= 0.3 is 5.97 Å². The van der Waals surface area contributed by atoms with Crippen molar-refractivity contribution in [1.82, 2.24) is 25.0 Å². The van der Waals surface area contributed by atoms with E-state index in [4.69, 9.17) is 9.84 Å². The van der Waals surface area contributed by atoms with Crippen LogP contribution in [0.1, 0.15) is 6.42 Å². The second kappa shape index (κ2) is 6.43. The Bertz CT molecular complexity index is 982. The lowest BCUT2D eigenvalue weighted by molar-refractivity contribution is -0.140. The highest BCUT2D eigenvalue weighted by Crippen LogP contribution is 2.22. The zero-order chi connectivity index (χ0) is 18.1. The fourth-order valence-electron chi connectivity index (χ4n) is 2.85. The first-order valence-electron chi connectivity index (χ1n) is 8.04. The van der Waals surface area contributed by atoms with Gasteiger partial charge in [0.1, 0.15) is 5.75 Å². The smallest absolute Gasteiger partial charge is 0.310 e. The summed E-state index contributed by atoms with van der Waals surface area (Å²) in [5, 5.41) is 20.4. The van der Waals surface area contributed by atoms with Gasteiger partial charge < -0.3 is 15.2 Å². The summed E-state index contributed by atoms with van der Waals surface area (Å²) in [6.07, 6.45) is 5.56. The minimum absolute atomic E-state index is 0.126. The van der Waals surface area contributed by atoms with Crippen LogP contribution in [0.5, 0.6) is 5.75 Å². The molecule has 0 radical (unpaired) electrons.